The first kappa shape index (κ1) is 24.8. The van der Waals surface area contributed by atoms with Crippen LogP contribution in [-0.2, 0) is 12.7 Å². The molecule has 2 fully saturated rings. The van der Waals surface area contributed by atoms with Crippen LogP contribution in [0.2, 0.25) is 5.02 Å². The Morgan fingerprint density at radius 2 is 1.86 bits per heavy atom. The standard InChI is InChI=1S/C23H19ClF4N4O3S/c24-17-9-15(25)2-1-13(17)10-30-11-22(12-30)3-5-31(6-4-22)21-29-20(33)16-7-14(23(26,27)28)8-18(32(34)35)19(16)36-21/h1-2,7-9H,3-6,10-12H2. The van der Waals surface area contributed by atoms with Crippen LogP contribution in [-0.4, -0.2) is 41.0 Å². The summed E-state index contributed by atoms with van der Waals surface area (Å²) in [6, 6.07) is 5.44. The summed E-state index contributed by atoms with van der Waals surface area (Å²) >= 11 is 6.99. The van der Waals surface area contributed by atoms with Gasteiger partial charge in [0.25, 0.3) is 11.2 Å². The maximum Gasteiger partial charge on any atom is 0.416 e. The van der Waals surface area contributed by atoms with Crippen LogP contribution in [0.15, 0.2) is 35.1 Å². The second-order valence-corrected chi connectivity index (χ2v) is 10.7. The molecule has 1 aromatic heterocycles. The van der Waals surface area contributed by atoms with Crippen LogP contribution >= 0.6 is 22.9 Å². The Morgan fingerprint density at radius 3 is 2.47 bits per heavy atom. The molecule has 3 aromatic rings. The van der Waals surface area contributed by atoms with Gasteiger partial charge in [-0.25, -0.2) is 4.39 Å². The van der Waals surface area contributed by atoms with Gasteiger partial charge in [0.1, 0.15) is 10.5 Å². The normalized spacial score (nSPS) is 18.0. The molecule has 1 spiro atoms. The molecule has 0 bridgehead atoms. The third kappa shape index (κ3) is 4.64. The number of nitro groups is 1. The number of halogens is 5. The summed E-state index contributed by atoms with van der Waals surface area (Å²) in [5, 5.41) is 11.7. The van der Waals surface area contributed by atoms with Crippen LogP contribution in [0, 0.1) is 21.3 Å². The molecule has 0 amide bonds. The Morgan fingerprint density at radius 1 is 1.17 bits per heavy atom. The fourth-order valence-electron chi connectivity index (χ4n) is 4.97. The molecule has 2 saturated heterocycles. The maximum absolute atomic E-state index is 13.3. The highest BCUT2D eigenvalue weighted by Crippen LogP contribution is 2.44. The van der Waals surface area contributed by atoms with Crippen molar-refractivity contribution in [3.63, 3.8) is 0 Å². The van der Waals surface area contributed by atoms with Crippen molar-refractivity contribution in [2.75, 3.05) is 31.1 Å². The predicted molar refractivity (Wildman–Crippen MR) is 128 cm³/mol. The summed E-state index contributed by atoms with van der Waals surface area (Å²) in [4.78, 5) is 31.2. The van der Waals surface area contributed by atoms with Gasteiger partial charge in [-0.05, 0) is 42.0 Å². The van der Waals surface area contributed by atoms with Crippen LogP contribution in [0.25, 0.3) is 10.1 Å². The average Bonchev–Trinajstić information content (AvgIpc) is 2.78. The van der Waals surface area contributed by atoms with Crippen molar-refractivity contribution in [3.05, 3.63) is 72.8 Å². The van der Waals surface area contributed by atoms with E-state index in [2.05, 4.69) is 9.88 Å². The van der Waals surface area contributed by atoms with Crippen molar-refractivity contribution in [2.45, 2.75) is 25.6 Å². The van der Waals surface area contributed by atoms with Crippen molar-refractivity contribution >= 4 is 43.8 Å². The van der Waals surface area contributed by atoms with Gasteiger partial charge in [-0.2, -0.15) is 18.2 Å². The molecule has 7 nitrogen and oxygen atoms in total. The summed E-state index contributed by atoms with van der Waals surface area (Å²) in [6.07, 6.45) is -3.22. The summed E-state index contributed by atoms with van der Waals surface area (Å²) < 4.78 is 52.7. The number of hydrogen-bond acceptors (Lipinski definition) is 7. The van der Waals surface area contributed by atoms with Gasteiger partial charge in [-0.3, -0.25) is 19.8 Å². The van der Waals surface area contributed by atoms with E-state index >= 15 is 0 Å². The van der Waals surface area contributed by atoms with Crippen molar-refractivity contribution in [3.8, 4) is 0 Å². The molecule has 36 heavy (non-hydrogen) atoms. The van der Waals surface area contributed by atoms with E-state index in [1.807, 2.05) is 4.90 Å². The molecular weight excluding hydrogens is 524 g/mol. The highest BCUT2D eigenvalue weighted by atomic mass is 35.5. The van der Waals surface area contributed by atoms with Gasteiger partial charge in [-0.15, -0.1) is 0 Å². The summed E-state index contributed by atoms with van der Waals surface area (Å²) in [5.41, 5.74) is -1.99. The van der Waals surface area contributed by atoms with Crippen LogP contribution in [0.5, 0.6) is 0 Å². The van der Waals surface area contributed by atoms with E-state index in [1.54, 1.807) is 6.07 Å². The van der Waals surface area contributed by atoms with E-state index in [1.165, 1.54) is 12.1 Å². The number of nitrogens with zero attached hydrogens (tertiary/aromatic N) is 4. The zero-order chi connectivity index (χ0) is 25.8. The minimum Gasteiger partial charge on any atom is -0.348 e. The number of aromatic nitrogens is 1. The van der Waals surface area contributed by atoms with Gasteiger partial charge in [0, 0.05) is 43.8 Å². The molecule has 190 valence electrons. The molecule has 3 heterocycles. The monoisotopic (exact) mass is 542 g/mol. The lowest BCUT2D eigenvalue weighted by Crippen LogP contribution is -2.59. The topological polar surface area (TPSA) is 79.6 Å². The molecule has 0 N–H and O–H groups in total. The zero-order valence-electron chi connectivity index (χ0n) is 18.6. The lowest BCUT2D eigenvalue weighted by molar-refractivity contribution is -0.383. The molecule has 0 unspecified atom stereocenters. The van der Waals surface area contributed by atoms with E-state index in [0.717, 1.165) is 42.8 Å². The Labute approximate surface area is 211 Å². The van der Waals surface area contributed by atoms with E-state index < -0.39 is 33.3 Å². The van der Waals surface area contributed by atoms with Gasteiger partial charge in [0.2, 0.25) is 0 Å². The van der Waals surface area contributed by atoms with E-state index in [0.29, 0.717) is 36.8 Å². The molecular formula is C23H19ClF4N4O3S. The maximum atomic E-state index is 13.3. The number of anilines is 1. The van der Waals surface area contributed by atoms with Crippen LogP contribution in [0.3, 0.4) is 0 Å². The predicted octanol–water partition coefficient (Wildman–Crippen LogP) is 5.48. The SMILES string of the molecule is O=c1nc(N2CCC3(CC2)CN(Cc2ccc(F)cc2Cl)C3)sc2c([N+](=O)[O-])cc(C(F)(F)F)cc12. The number of nitro benzene ring substituents is 1. The summed E-state index contributed by atoms with van der Waals surface area (Å²) in [7, 11) is 0. The van der Waals surface area contributed by atoms with Gasteiger partial charge in [0.05, 0.1) is 15.9 Å². The van der Waals surface area contributed by atoms with Crippen LogP contribution < -0.4 is 10.5 Å². The minimum atomic E-state index is -4.82. The largest absolute Gasteiger partial charge is 0.416 e. The molecule has 2 aliphatic heterocycles. The molecule has 0 aliphatic carbocycles. The van der Waals surface area contributed by atoms with E-state index in [9.17, 15) is 32.5 Å². The molecule has 5 rings (SSSR count). The lowest BCUT2D eigenvalue weighted by Gasteiger charge is -2.54. The Kier molecular flexibility index (Phi) is 6.16. The number of alkyl halides is 3. The molecule has 2 aliphatic rings. The molecule has 13 heteroatoms. The van der Waals surface area contributed by atoms with Crippen LogP contribution in [0.1, 0.15) is 24.0 Å². The fourth-order valence-corrected chi connectivity index (χ4v) is 6.31. The smallest absolute Gasteiger partial charge is 0.348 e. The summed E-state index contributed by atoms with van der Waals surface area (Å²) in [6.45, 7) is 3.41. The third-order valence-electron chi connectivity index (χ3n) is 6.84. The van der Waals surface area contributed by atoms with Gasteiger partial charge in [-0.1, -0.05) is 29.0 Å². The lowest BCUT2D eigenvalue weighted by atomic mass is 9.72. The number of hydrogen-bond donors (Lipinski definition) is 0. The first-order valence-corrected chi connectivity index (χ1v) is 12.3. The second-order valence-electron chi connectivity index (χ2n) is 9.30. The first-order chi connectivity index (χ1) is 16.9. The number of rotatable bonds is 4. The Hall–Kier alpha value is -2.83. The molecule has 0 atom stereocenters. The van der Waals surface area contributed by atoms with Crippen molar-refractivity contribution < 1.29 is 22.5 Å². The number of likely N-dealkylation sites (tertiary alicyclic amines) is 1. The van der Waals surface area contributed by atoms with Gasteiger partial charge in [0.15, 0.2) is 5.13 Å². The van der Waals surface area contributed by atoms with Gasteiger partial charge >= 0.3 is 6.18 Å². The first-order valence-electron chi connectivity index (χ1n) is 11.1. The Balaban J connectivity index is 1.31. The molecule has 0 radical (unpaired) electrons. The second kappa shape index (κ2) is 8.93. The van der Waals surface area contributed by atoms with Crippen LogP contribution in [0.4, 0.5) is 28.4 Å². The van der Waals surface area contributed by atoms with E-state index in [-0.39, 0.29) is 21.1 Å². The van der Waals surface area contributed by atoms with Gasteiger partial charge < -0.3 is 4.90 Å². The summed E-state index contributed by atoms with van der Waals surface area (Å²) in [5.74, 6) is -0.382. The zero-order valence-corrected chi connectivity index (χ0v) is 20.2. The molecule has 2 aromatic carbocycles. The quantitative estimate of drug-likeness (QED) is 0.247. The minimum absolute atomic E-state index is 0.0818. The number of fused-ring (bicyclic) bond motifs is 1. The van der Waals surface area contributed by atoms with Crippen molar-refractivity contribution in [1.29, 1.82) is 0 Å². The third-order valence-corrected chi connectivity index (χ3v) is 8.35. The van der Waals surface area contributed by atoms with E-state index in [4.69, 9.17) is 11.6 Å². The highest BCUT2D eigenvalue weighted by molar-refractivity contribution is 7.22. The fraction of sp³-hybridized carbons (Fsp3) is 0.391. The number of benzene rings is 2. The van der Waals surface area contributed by atoms with Crippen molar-refractivity contribution in [1.82, 2.24) is 9.88 Å². The molecule has 0 saturated carbocycles. The Bertz CT molecular complexity index is 1410. The number of piperidine rings is 1. The number of non-ortho nitro benzene ring substituents is 1. The average molecular weight is 543 g/mol. The van der Waals surface area contributed by atoms with Crippen molar-refractivity contribution in [2.24, 2.45) is 5.41 Å². The highest BCUT2D eigenvalue weighted by Gasteiger charge is 2.45.